The Kier molecular flexibility index (Phi) is 6.00. The zero-order chi connectivity index (χ0) is 18.8. The minimum Gasteiger partial charge on any atom is -0.320 e. The first-order valence-electron chi connectivity index (χ1n) is 8.91. The van der Waals surface area contributed by atoms with Crippen molar-refractivity contribution < 1.29 is 4.79 Å². The lowest BCUT2D eigenvalue weighted by Gasteiger charge is -2.23. The van der Waals surface area contributed by atoms with E-state index in [2.05, 4.69) is 36.5 Å². The number of aromatic nitrogens is 7. The van der Waals surface area contributed by atoms with Crippen LogP contribution in [0.4, 0.5) is 5.69 Å². The van der Waals surface area contributed by atoms with E-state index in [1.807, 2.05) is 36.7 Å². The topological polar surface area (TPSA) is 115 Å². The molecule has 1 aliphatic rings. The van der Waals surface area contributed by atoms with Gasteiger partial charge in [-0.05, 0) is 67.9 Å². The molecular formula is C17H22ClN9O. The number of rotatable bonds is 4. The Bertz CT molecular complexity index is 948. The van der Waals surface area contributed by atoms with Crippen molar-refractivity contribution in [2.75, 3.05) is 18.4 Å². The van der Waals surface area contributed by atoms with Crippen molar-refractivity contribution in [2.45, 2.75) is 32.7 Å². The predicted molar refractivity (Wildman–Crippen MR) is 105 cm³/mol. The second-order valence-corrected chi connectivity index (χ2v) is 6.66. The van der Waals surface area contributed by atoms with Crippen molar-refractivity contribution in [3.05, 3.63) is 41.5 Å². The molecule has 11 heteroatoms. The highest BCUT2D eigenvalue weighted by Gasteiger charge is 2.23. The minimum atomic E-state index is -0.279. The monoisotopic (exact) mass is 403 g/mol. The van der Waals surface area contributed by atoms with E-state index in [4.69, 9.17) is 0 Å². The first-order valence-corrected chi connectivity index (χ1v) is 8.91. The molecule has 2 N–H and O–H groups in total. The van der Waals surface area contributed by atoms with Crippen molar-refractivity contribution in [2.24, 2.45) is 0 Å². The molecule has 2 aromatic heterocycles. The number of halogens is 1. The molecule has 0 spiro atoms. The summed E-state index contributed by atoms with van der Waals surface area (Å²) in [5.41, 5.74) is 3.57. The normalized spacial score (nSPS) is 14.5. The Morgan fingerprint density at radius 1 is 1.21 bits per heavy atom. The highest BCUT2D eigenvalue weighted by Crippen LogP contribution is 2.22. The fraction of sp³-hybridized carbons (Fsp3) is 0.412. The highest BCUT2D eigenvalue weighted by molar-refractivity contribution is 6.03. The van der Waals surface area contributed by atoms with Crippen LogP contribution in [-0.4, -0.2) is 54.2 Å². The molecular weight excluding hydrogens is 382 g/mol. The summed E-state index contributed by atoms with van der Waals surface area (Å²) in [6.07, 6.45) is 3.49. The Balaban J connectivity index is 0.00000225. The molecule has 3 heterocycles. The van der Waals surface area contributed by atoms with Gasteiger partial charge in [-0.2, -0.15) is 0 Å². The van der Waals surface area contributed by atoms with E-state index in [0.717, 1.165) is 42.9 Å². The van der Waals surface area contributed by atoms with Crippen LogP contribution in [0.3, 0.4) is 0 Å². The quantitative estimate of drug-likeness (QED) is 0.677. The summed E-state index contributed by atoms with van der Waals surface area (Å²) in [6, 6.07) is 5.86. The van der Waals surface area contributed by atoms with Crippen LogP contribution in [0.1, 0.15) is 40.6 Å². The molecule has 28 heavy (non-hydrogen) atoms. The van der Waals surface area contributed by atoms with Crippen molar-refractivity contribution in [3.8, 4) is 5.69 Å². The number of hydrogen-bond acceptors (Lipinski definition) is 7. The van der Waals surface area contributed by atoms with Gasteiger partial charge < -0.3 is 10.6 Å². The Labute approximate surface area is 168 Å². The molecule has 0 unspecified atom stereocenters. The summed E-state index contributed by atoms with van der Waals surface area (Å²) in [6.45, 7) is 5.75. The number of amides is 1. The molecule has 3 aromatic rings. The average molecular weight is 404 g/mol. The molecule has 4 rings (SSSR count). The Morgan fingerprint density at radius 2 is 2.00 bits per heavy atom. The first-order chi connectivity index (χ1) is 13.1. The molecule has 0 bridgehead atoms. The van der Waals surface area contributed by atoms with Crippen molar-refractivity contribution >= 4 is 24.0 Å². The van der Waals surface area contributed by atoms with Crippen LogP contribution in [0.25, 0.3) is 5.69 Å². The fourth-order valence-electron chi connectivity index (χ4n) is 3.34. The SMILES string of the molecule is Cc1ccc(NC(=O)c2nnn(C3CCNCC3)c2C)cc1-n1cnnn1.Cl. The smallest absolute Gasteiger partial charge is 0.278 e. The second kappa shape index (κ2) is 8.44. The van der Waals surface area contributed by atoms with Gasteiger partial charge in [-0.3, -0.25) is 4.79 Å². The number of tetrazole rings is 1. The second-order valence-electron chi connectivity index (χ2n) is 6.66. The lowest BCUT2D eigenvalue weighted by Crippen LogP contribution is -2.30. The summed E-state index contributed by atoms with van der Waals surface area (Å²) in [4.78, 5) is 12.7. The molecule has 0 aliphatic carbocycles. The third-order valence-corrected chi connectivity index (χ3v) is 4.86. The molecule has 148 valence electrons. The fourth-order valence-corrected chi connectivity index (χ4v) is 3.34. The molecule has 1 aromatic carbocycles. The number of carbonyl (C=O) groups is 1. The van der Waals surface area contributed by atoms with E-state index in [1.165, 1.54) is 6.33 Å². The van der Waals surface area contributed by atoms with Crippen molar-refractivity contribution in [1.82, 2.24) is 40.5 Å². The summed E-state index contributed by atoms with van der Waals surface area (Å²) in [7, 11) is 0. The molecule has 1 amide bonds. The highest BCUT2D eigenvalue weighted by atomic mass is 35.5. The third-order valence-electron chi connectivity index (χ3n) is 4.86. The van der Waals surface area contributed by atoms with E-state index < -0.39 is 0 Å². The molecule has 0 atom stereocenters. The van der Waals surface area contributed by atoms with Crippen LogP contribution in [0.15, 0.2) is 24.5 Å². The van der Waals surface area contributed by atoms with Gasteiger partial charge >= 0.3 is 0 Å². The Hall–Kier alpha value is -2.85. The summed E-state index contributed by atoms with van der Waals surface area (Å²) in [5, 5.41) is 25.8. The van der Waals surface area contributed by atoms with Crippen LogP contribution in [0.5, 0.6) is 0 Å². The first kappa shape index (κ1) is 19.9. The largest absolute Gasteiger partial charge is 0.320 e. The van der Waals surface area contributed by atoms with Crippen LogP contribution in [0.2, 0.25) is 0 Å². The maximum absolute atomic E-state index is 12.7. The lowest BCUT2D eigenvalue weighted by atomic mass is 10.1. The van der Waals surface area contributed by atoms with Gasteiger partial charge in [-0.1, -0.05) is 11.3 Å². The van der Waals surface area contributed by atoms with E-state index in [0.29, 0.717) is 11.4 Å². The van der Waals surface area contributed by atoms with Crippen LogP contribution in [-0.2, 0) is 0 Å². The van der Waals surface area contributed by atoms with Gasteiger partial charge in [-0.25, -0.2) is 9.36 Å². The van der Waals surface area contributed by atoms with E-state index in [-0.39, 0.29) is 24.4 Å². The minimum absolute atomic E-state index is 0. The summed E-state index contributed by atoms with van der Waals surface area (Å²) < 4.78 is 3.43. The number of aryl methyl sites for hydroxylation is 1. The zero-order valence-corrected chi connectivity index (χ0v) is 16.5. The molecule has 10 nitrogen and oxygen atoms in total. The standard InChI is InChI=1S/C17H21N9O.ClH/c1-11-3-4-13(9-15(11)25-10-19-22-24-25)20-17(27)16-12(2)26(23-21-16)14-5-7-18-8-6-14;/h3-4,9-10,14,18H,5-8H2,1-2H3,(H,20,27);1H. The number of carbonyl (C=O) groups excluding carboxylic acids is 1. The van der Waals surface area contributed by atoms with E-state index >= 15 is 0 Å². The van der Waals surface area contributed by atoms with Crippen LogP contribution in [0, 0.1) is 13.8 Å². The average Bonchev–Trinajstić information content (AvgIpc) is 3.34. The molecule has 0 radical (unpaired) electrons. The third kappa shape index (κ3) is 3.87. The van der Waals surface area contributed by atoms with Gasteiger partial charge in [-0.15, -0.1) is 22.6 Å². The van der Waals surface area contributed by atoms with E-state index in [1.54, 1.807) is 4.68 Å². The van der Waals surface area contributed by atoms with Gasteiger partial charge in [0, 0.05) is 5.69 Å². The molecule has 1 aliphatic heterocycles. The maximum atomic E-state index is 12.7. The number of nitrogens with one attached hydrogen (secondary N) is 2. The molecule has 1 fully saturated rings. The summed E-state index contributed by atoms with van der Waals surface area (Å²) >= 11 is 0. The summed E-state index contributed by atoms with van der Waals surface area (Å²) in [5.74, 6) is -0.279. The number of hydrogen-bond donors (Lipinski definition) is 2. The van der Waals surface area contributed by atoms with Gasteiger partial charge in [0.15, 0.2) is 5.69 Å². The van der Waals surface area contributed by atoms with Crippen molar-refractivity contribution in [1.29, 1.82) is 0 Å². The van der Waals surface area contributed by atoms with Gasteiger partial charge in [0.25, 0.3) is 5.91 Å². The molecule has 0 saturated carbocycles. The number of nitrogens with zero attached hydrogens (tertiary/aromatic N) is 7. The molecule has 1 saturated heterocycles. The Morgan fingerprint density at radius 3 is 2.71 bits per heavy atom. The van der Waals surface area contributed by atoms with Gasteiger partial charge in [0.2, 0.25) is 0 Å². The number of benzene rings is 1. The van der Waals surface area contributed by atoms with Gasteiger partial charge in [0.05, 0.1) is 17.4 Å². The van der Waals surface area contributed by atoms with Crippen LogP contribution >= 0.6 is 12.4 Å². The predicted octanol–water partition coefficient (Wildman–Crippen LogP) is 1.47. The number of anilines is 1. The van der Waals surface area contributed by atoms with Gasteiger partial charge in [0.1, 0.15) is 6.33 Å². The maximum Gasteiger partial charge on any atom is 0.278 e. The van der Waals surface area contributed by atoms with Crippen molar-refractivity contribution in [3.63, 3.8) is 0 Å². The van der Waals surface area contributed by atoms with E-state index in [9.17, 15) is 4.79 Å². The zero-order valence-electron chi connectivity index (χ0n) is 15.7. The number of piperidine rings is 1. The van der Waals surface area contributed by atoms with Crippen LogP contribution < -0.4 is 10.6 Å². The lowest BCUT2D eigenvalue weighted by molar-refractivity contribution is 0.102.